The van der Waals surface area contributed by atoms with Gasteiger partial charge in [-0.05, 0) is 45.9 Å². The number of nitrogens with zero attached hydrogens (tertiary/aromatic N) is 2. The maximum atomic E-state index is 6.42. The molecule has 1 aliphatic rings. The lowest BCUT2D eigenvalue weighted by Crippen LogP contribution is -2.41. The summed E-state index contributed by atoms with van der Waals surface area (Å²) < 4.78 is 19.6. The minimum absolute atomic E-state index is 0.394. The van der Waals surface area contributed by atoms with Crippen molar-refractivity contribution in [2.75, 3.05) is 0 Å². The van der Waals surface area contributed by atoms with Gasteiger partial charge in [0.15, 0.2) is 0 Å². The van der Waals surface area contributed by atoms with E-state index in [0.717, 1.165) is 11.2 Å². The average Bonchev–Trinajstić information content (AvgIpc) is 2.98. The third kappa shape index (κ3) is 3.32. The second-order valence-corrected chi connectivity index (χ2v) is 7.45. The molecule has 7 heteroatoms. The standard InChI is InChI=1S/C17H22BClN2O3/c1-16(2)17(3,4)24-18(23-16)14-7-6-13(10-15(14)19)22-11-12-8-9-21(5)20-12/h6-10H,11H2,1-5H3. The number of benzene rings is 1. The van der Waals surface area contributed by atoms with Gasteiger partial charge < -0.3 is 14.0 Å². The summed E-state index contributed by atoms with van der Waals surface area (Å²) in [4.78, 5) is 0. The molecule has 2 heterocycles. The summed E-state index contributed by atoms with van der Waals surface area (Å²) in [7, 11) is 1.40. The fraction of sp³-hybridized carbons (Fsp3) is 0.471. The van der Waals surface area contributed by atoms with Crippen LogP contribution >= 0.6 is 11.6 Å². The zero-order valence-electron chi connectivity index (χ0n) is 14.7. The first kappa shape index (κ1) is 17.3. The highest BCUT2D eigenvalue weighted by atomic mass is 35.5. The zero-order valence-corrected chi connectivity index (χ0v) is 15.4. The van der Waals surface area contributed by atoms with E-state index in [2.05, 4.69) is 5.10 Å². The molecule has 1 aromatic heterocycles. The first-order valence-corrected chi connectivity index (χ1v) is 8.32. The molecule has 1 fully saturated rings. The predicted molar refractivity (Wildman–Crippen MR) is 94.7 cm³/mol. The van der Waals surface area contributed by atoms with Gasteiger partial charge in [-0.2, -0.15) is 5.10 Å². The quantitative estimate of drug-likeness (QED) is 0.797. The Morgan fingerprint density at radius 3 is 2.38 bits per heavy atom. The highest BCUT2D eigenvalue weighted by Gasteiger charge is 2.52. The van der Waals surface area contributed by atoms with Crippen molar-refractivity contribution >= 4 is 24.2 Å². The third-order valence-electron chi connectivity index (χ3n) is 4.63. The van der Waals surface area contributed by atoms with Gasteiger partial charge in [0.1, 0.15) is 12.4 Å². The molecule has 0 aliphatic carbocycles. The molecule has 1 aromatic carbocycles. The number of aryl methyl sites for hydroxylation is 1. The van der Waals surface area contributed by atoms with Gasteiger partial charge in [0.25, 0.3) is 0 Å². The summed E-state index contributed by atoms with van der Waals surface area (Å²) in [5.41, 5.74) is 0.883. The molecule has 0 unspecified atom stereocenters. The molecule has 24 heavy (non-hydrogen) atoms. The molecule has 0 bridgehead atoms. The Morgan fingerprint density at radius 1 is 1.17 bits per heavy atom. The molecule has 0 spiro atoms. The first-order valence-electron chi connectivity index (χ1n) is 7.94. The maximum Gasteiger partial charge on any atom is 0.496 e. The van der Waals surface area contributed by atoms with Gasteiger partial charge in [0, 0.05) is 23.7 Å². The predicted octanol–water partition coefficient (Wildman–Crippen LogP) is 2.95. The van der Waals surface area contributed by atoms with E-state index in [1.807, 2.05) is 59.1 Å². The van der Waals surface area contributed by atoms with Crippen LogP contribution in [0.5, 0.6) is 5.75 Å². The number of halogens is 1. The molecule has 2 aromatic rings. The number of rotatable bonds is 4. The molecule has 0 atom stereocenters. The number of hydrogen-bond donors (Lipinski definition) is 0. The maximum absolute atomic E-state index is 6.42. The summed E-state index contributed by atoms with van der Waals surface area (Å²) in [6.07, 6.45) is 1.88. The van der Waals surface area contributed by atoms with E-state index in [1.165, 1.54) is 0 Å². The van der Waals surface area contributed by atoms with E-state index < -0.39 is 18.3 Å². The molecular formula is C17H22BClN2O3. The van der Waals surface area contributed by atoms with Crippen LogP contribution in [0, 0.1) is 0 Å². The van der Waals surface area contributed by atoms with Crippen LogP contribution in [-0.2, 0) is 23.0 Å². The van der Waals surface area contributed by atoms with Crippen LogP contribution in [0.25, 0.3) is 0 Å². The summed E-state index contributed by atoms with van der Waals surface area (Å²) in [5, 5.41) is 4.84. The Labute approximate surface area is 148 Å². The van der Waals surface area contributed by atoms with Gasteiger partial charge in [-0.25, -0.2) is 0 Å². The molecule has 0 N–H and O–H groups in total. The van der Waals surface area contributed by atoms with Crippen molar-refractivity contribution in [1.29, 1.82) is 0 Å². The molecule has 3 rings (SSSR count). The van der Waals surface area contributed by atoms with Crippen LogP contribution in [0.4, 0.5) is 0 Å². The molecule has 1 aliphatic heterocycles. The van der Waals surface area contributed by atoms with Crippen molar-refractivity contribution in [1.82, 2.24) is 9.78 Å². The lowest BCUT2D eigenvalue weighted by molar-refractivity contribution is 0.00578. The van der Waals surface area contributed by atoms with Crippen LogP contribution in [0.2, 0.25) is 5.02 Å². The lowest BCUT2D eigenvalue weighted by atomic mass is 9.79. The van der Waals surface area contributed by atoms with E-state index >= 15 is 0 Å². The third-order valence-corrected chi connectivity index (χ3v) is 4.96. The van der Waals surface area contributed by atoms with Crippen LogP contribution in [0.3, 0.4) is 0 Å². The SMILES string of the molecule is Cn1ccc(COc2ccc(B3OC(C)(C)C(C)(C)O3)c(Cl)c2)n1. The Kier molecular flexibility index (Phi) is 4.40. The fourth-order valence-electron chi connectivity index (χ4n) is 2.46. The van der Waals surface area contributed by atoms with Crippen molar-refractivity contribution in [2.45, 2.75) is 45.5 Å². The normalized spacial score (nSPS) is 18.8. The molecular weight excluding hydrogens is 326 g/mol. The largest absolute Gasteiger partial charge is 0.496 e. The summed E-state index contributed by atoms with van der Waals surface area (Å²) in [6, 6.07) is 7.46. The Balaban J connectivity index is 1.71. The first-order chi connectivity index (χ1) is 11.2. The molecule has 5 nitrogen and oxygen atoms in total. The average molecular weight is 349 g/mol. The van der Waals surface area contributed by atoms with E-state index in [4.69, 9.17) is 25.6 Å². The van der Waals surface area contributed by atoms with Crippen LogP contribution in [0.15, 0.2) is 30.5 Å². The van der Waals surface area contributed by atoms with Crippen molar-refractivity contribution in [3.05, 3.63) is 41.2 Å². The van der Waals surface area contributed by atoms with Gasteiger partial charge in [-0.1, -0.05) is 17.7 Å². The van der Waals surface area contributed by atoms with Gasteiger partial charge >= 0.3 is 7.12 Å². The van der Waals surface area contributed by atoms with Gasteiger partial charge in [-0.15, -0.1) is 0 Å². The minimum Gasteiger partial charge on any atom is -0.487 e. The second-order valence-electron chi connectivity index (χ2n) is 7.04. The van der Waals surface area contributed by atoms with E-state index in [1.54, 1.807) is 10.7 Å². The topological polar surface area (TPSA) is 45.5 Å². The Hall–Kier alpha value is -1.50. The van der Waals surface area contributed by atoms with Gasteiger partial charge in [-0.3, -0.25) is 4.68 Å². The molecule has 0 saturated carbocycles. The summed E-state index contributed by atoms with van der Waals surface area (Å²) >= 11 is 6.42. The van der Waals surface area contributed by atoms with Crippen LogP contribution in [-0.4, -0.2) is 28.1 Å². The Bertz CT molecular complexity index is 729. The van der Waals surface area contributed by atoms with E-state index in [9.17, 15) is 0 Å². The number of ether oxygens (including phenoxy) is 1. The van der Waals surface area contributed by atoms with Crippen LogP contribution < -0.4 is 10.2 Å². The highest BCUT2D eigenvalue weighted by molar-refractivity contribution is 6.65. The Morgan fingerprint density at radius 2 is 1.83 bits per heavy atom. The number of hydrogen-bond acceptors (Lipinski definition) is 4. The summed E-state index contributed by atoms with van der Waals surface area (Å²) in [5.74, 6) is 0.686. The second kappa shape index (κ2) is 6.10. The molecule has 128 valence electrons. The van der Waals surface area contributed by atoms with Crippen LogP contribution in [0.1, 0.15) is 33.4 Å². The van der Waals surface area contributed by atoms with Crippen molar-refractivity contribution in [2.24, 2.45) is 7.05 Å². The van der Waals surface area contributed by atoms with Crippen molar-refractivity contribution in [3.8, 4) is 5.75 Å². The summed E-state index contributed by atoms with van der Waals surface area (Å²) in [6.45, 7) is 8.47. The van der Waals surface area contributed by atoms with Gasteiger partial charge in [0.2, 0.25) is 0 Å². The molecule has 0 amide bonds. The van der Waals surface area contributed by atoms with Gasteiger partial charge in [0.05, 0.1) is 16.9 Å². The van der Waals surface area contributed by atoms with Crippen molar-refractivity contribution < 1.29 is 14.0 Å². The zero-order chi connectivity index (χ0) is 17.5. The number of aromatic nitrogens is 2. The molecule has 1 saturated heterocycles. The van der Waals surface area contributed by atoms with E-state index in [0.29, 0.717) is 17.4 Å². The monoisotopic (exact) mass is 348 g/mol. The highest BCUT2D eigenvalue weighted by Crippen LogP contribution is 2.37. The fourth-order valence-corrected chi connectivity index (χ4v) is 2.72. The lowest BCUT2D eigenvalue weighted by Gasteiger charge is -2.32. The minimum atomic E-state index is -0.479. The smallest absolute Gasteiger partial charge is 0.487 e. The molecule has 0 radical (unpaired) electrons. The van der Waals surface area contributed by atoms with Crippen molar-refractivity contribution in [3.63, 3.8) is 0 Å². The van der Waals surface area contributed by atoms with E-state index in [-0.39, 0.29) is 0 Å².